The Labute approximate surface area is 111 Å². The summed E-state index contributed by atoms with van der Waals surface area (Å²) in [5, 5.41) is 15.9. The molecule has 0 aromatic rings. The smallest absolute Gasteiger partial charge is 0.237 e. The molecule has 1 saturated carbocycles. The quantitative estimate of drug-likeness (QED) is 0.648. The Bertz CT molecular complexity index is 263. The van der Waals surface area contributed by atoms with E-state index in [2.05, 4.69) is 17.6 Å². The van der Waals surface area contributed by atoms with Crippen LogP contribution in [-0.2, 0) is 4.79 Å². The summed E-state index contributed by atoms with van der Waals surface area (Å²) in [4.78, 5) is 12.0. The molecule has 0 heterocycles. The highest BCUT2D eigenvalue weighted by molar-refractivity contribution is 5.81. The van der Waals surface area contributed by atoms with Crippen molar-refractivity contribution in [1.82, 2.24) is 10.6 Å². The van der Waals surface area contributed by atoms with Gasteiger partial charge in [0.2, 0.25) is 5.91 Å². The van der Waals surface area contributed by atoms with Crippen LogP contribution in [0.5, 0.6) is 0 Å². The first kappa shape index (κ1) is 15.4. The van der Waals surface area contributed by atoms with Crippen molar-refractivity contribution in [3.8, 4) is 0 Å². The molecule has 0 aromatic carbocycles. The van der Waals surface area contributed by atoms with Gasteiger partial charge in [-0.3, -0.25) is 10.1 Å². The fourth-order valence-electron chi connectivity index (χ4n) is 2.80. The van der Waals surface area contributed by atoms with Crippen LogP contribution in [0.4, 0.5) is 0 Å². The van der Waals surface area contributed by atoms with Gasteiger partial charge in [0, 0.05) is 11.6 Å². The molecule has 1 aliphatic rings. The lowest BCUT2D eigenvalue weighted by molar-refractivity contribution is -0.124. The molecule has 0 aromatic heterocycles. The fraction of sp³-hybridized carbons (Fsp3) is 0.929. The van der Waals surface area contributed by atoms with E-state index in [9.17, 15) is 9.90 Å². The summed E-state index contributed by atoms with van der Waals surface area (Å²) >= 11 is 0. The van der Waals surface area contributed by atoms with Gasteiger partial charge in [0.05, 0.1) is 12.6 Å². The Morgan fingerprint density at radius 2 is 1.94 bits per heavy atom. The Hall–Kier alpha value is -0.610. The third kappa shape index (κ3) is 4.25. The minimum Gasteiger partial charge on any atom is -0.394 e. The van der Waals surface area contributed by atoms with Crippen molar-refractivity contribution in [2.45, 2.75) is 76.9 Å². The van der Waals surface area contributed by atoms with Gasteiger partial charge in [-0.25, -0.2) is 0 Å². The summed E-state index contributed by atoms with van der Waals surface area (Å²) in [5.41, 5.74) is -0.231. The van der Waals surface area contributed by atoms with Crippen LogP contribution in [0.15, 0.2) is 0 Å². The topological polar surface area (TPSA) is 61.4 Å². The van der Waals surface area contributed by atoms with Crippen LogP contribution in [0, 0.1) is 0 Å². The average Bonchev–Trinajstić information content (AvgIpc) is 2.78. The van der Waals surface area contributed by atoms with Crippen LogP contribution >= 0.6 is 0 Å². The number of aliphatic hydroxyl groups is 1. The van der Waals surface area contributed by atoms with Crippen molar-refractivity contribution in [2.75, 3.05) is 6.61 Å². The van der Waals surface area contributed by atoms with E-state index in [0.29, 0.717) is 0 Å². The number of nitrogens with one attached hydrogen (secondary N) is 2. The molecule has 106 valence electrons. The minimum absolute atomic E-state index is 0.0377. The summed E-state index contributed by atoms with van der Waals surface area (Å²) in [6, 6.07) is -0.0186. The lowest BCUT2D eigenvalue weighted by atomic mass is 9.97. The number of carbonyl (C=O) groups is 1. The lowest BCUT2D eigenvalue weighted by Crippen LogP contribution is -2.56. The third-order valence-corrected chi connectivity index (χ3v) is 3.89. The van der Waals surface area contributed by atoms with E-state index in [4.69, 9.17) is 0 Å². The molecule has 1 aliphatic carbocycles. The Morgan fingerprint density at radius 3 is 2.44 bits per heavy atom. The number of rotatable bonds is 7. The standard InChI is InChI=1S/C14H28N2O2/c1-4-7-11(2)15-13(18)12(3)16-14(10-17)8-5-6-9-14/h11-12,16-17H,4-10H2,1-3H3,(H,15,18). The molecule has 4 heteroatoms. The van der Waals surface area contributed by atoms with Crippen LogP contribution in [0.1, 0.15) is 59.3 Å². The molecule has 1 fully saturated rings. The SMILES string of the molecule is CCCC(C)NC(=O)C(C)NC1(CO)CCCC1. The van der Waals surface area contributed by atoms with Crippen molar-refractivity contribution in [1.29, 1.82) is 0 Å². The van der Waals surface area contributed by atoms with E-state index >= 15 is 0 Å². The predicted octanol–water partition coefficient (Wildman–Crippen LogP) is 1.57. The summed E-state index contributed by atoms with van der Waals surface area (Å²) in [5.74, 6) is 0.0377. The van der Waals surface area contributed by atoms with Gasteiger partial charge in [0.25, 0.3) is 0 Å². The molecule has 0 aliphatic heterocycles. The van der Waals surface area contributed by atoms with Gasteiger partial charge in [-0.2, -0.15) is 0 Å². The molecule has 2 unspecified atom stereocenters. The Kier molecular flexibility index (Phi) is 6.09. The second kappa shape index (κ2) is 7.10. The molecule has 18 heavy (non-hydrogen) atoms. The zero-order chi connectivity index (χ0) is 13.6. The van der Waals surface area contributed by atoms with Crippen LogP contribution in [0.2, 0.25) is 0 Å². The maximum absolute atomic E-state index is 12.0. The second-order valence-corrected chi connectivity index (χ2v) is 5.71. The third-order valence-electron chi connectivity index (χ3n) is 3.89. The molecule has 1 amide bonds. The van der Waals surface area contributed by atoms with E-state index in [1.54, 1.807) is 0 Å². The zero-order valence-electron chi connectivity index (χ0n) is 12.0. The first-order valence-corrected chi connectivity index (χ1v) is 7.22. The molecule has 2 atom stereocenters. The first-order valence-electron chi connectivity index (χ1n) is 7.22. The lowest BCUT2D eigenvalue weighted by Gasteiger charge is -2.31. The fourth-order valence-corrected chi connectivity index (χ4v) is 2.80. The van der Waals surface area contributed by atoms with Crippen LogP contribution in [0.3, 0.4) is 0 Å². The van der Waals surface area contributed by atoms with Gasteiger partial charge in [-0.1, -0.05) is 26.2 Å². The van der Waals surface area contributed by atoms with E-state index in [1.165, 1.54) is 0 Å². The molecule has 0 bridgehead atoms. The maximum Gasteiger partial charge on any atom is 0.237 e. The van der Waals surface area contributed by atoms with E-state index in [0.717, 1.165) is 38.5 Å². The number of aliphatic hydroxyl groups excluding tert-OH is 1. The minimum atomic E-state index is -0.241. The summed E-state index contributed by atoms with van der Waals surface area (Å²) < 4.78 is 0. The summed E-state index contributed by atoms with van der Waals surface area (Å²) in [6.45, 7) is 6.15. The van der Waals surface area contributed by atoms with E-state index in [-0.39, 0.29) is 30.1 Å². The van der Waals surface area contributed by atoms with Crippen molar-refractivity contribution >= 4 is 5.91 Å². The van der Waals surface area contributed by atoms with Crippen LogP contribution in [-0.4, -0.2) is 35.2 Å². The monoisotopic (exact) mass is 256 g/mol. The van der Waals surface area contributed by atoms with Crippen molar-refractivity contribution in [3.05, 3.63) is 0 Å². The normalized spacial score (nSPS) is 21.6. The largest absolute Gasteiger partial charge is 0.394 e. The highest BCUT2D eigenvalue weighted by atomic mass is 16.3. The van der Waals surface area contributed by atoms with Crippen LogP contribution < -0.4 is 10.6 Å². The highest BCUT2D eigenvalue weighted by Gasteiger charge is 2.35. The van der Waals surface area contributed by atoms with Gasteiger partial charge in [-0.15, -0.1) is 0 Å². The summed E-state index contributed by atoms with van der Waals surface area (Å²) in [7, 11) is 0. The van der Waals surface area contributed by atoms with Gasteiger partial charge in [0.1, 0.15) is 0 Å². The van der Waals surface area contributed by atoms with Gasteiger partial charge in [-0.05, 0) is 33.1 Å². The molecular weight excluding hydrogens is 228 g/mol. The Morgan fingerprint density at radius 1 is 1.33 bits per heavy atom. The highest BCUT2D eigenvalue weighted by Crippen LogP contribution is 2.29. The van der Waals surface area contributed by atoms with Gasteiger partial charge in [0.15, 0.2) is 0 Å². The van der Waals surface area contributed by atoms with E-state index < -0.39 is 0 Å². The molecule has 0 spiro atoms. The molecule has 0 saturated heterocycles. The van der Waals surface area contributed by atoms with Gasteiger partial charge < -0.3 is 10.4 Å². The number of carbonyl (C=O) groups excluding carboxylic acids is 1. The average molecular weight is 256 g/mol. The number of hydrogen-bond donors (Lipinski definition) is 3. The maximum atomic E-state index is 12.0. The number of hydrogen-bond acceptors (Lipinski definition) is 3. The molecular formula is C14H28N2O2. The molecule has 4 nitrogen and oxygen atoms in total. The molecule has 3 N–H and O–H groups in total. The molecule has 0 radical (unpaired) electrons. The van der Waals surface area contributed by atoms with Crippen LogP contribution in [0.25, 0.3) is 0 Å². The molecule has 1 rings (SSSR count). The summed E-state index contributed by atoms with van der Waals surface area (Å²) in [6.07, 6.45) is 6.27. The Balaban J connectivity index is 2.43. The first-order chi connectivity index (χ1) is 8.53. The van der Waals surface area contributed by atoms with E-state index in [1.807, 2.05) is 13.8 Å². The van der Waals surface area contributed by atoms with Gasteiger partial charge >= 0.3 is 0 Å². The van der Waals surface area contributed by atoms with Crippen molar-refractivity contribution in [2.24, 2.45) is 0 Å². The second-order valence-electron chi connectivity index (χ2n) is 5.71. The van der Waals surface area contributed by atoms with Crippen molar-refractivity contribution < 1.29 is 9.90 Å². The van der Waals surface area contributed by atoms with Crippen molar-refractivity contribution in [3.63, 3.8) is 0 Å². The predicted molar refractivity (Wildman–Crippen MR) is 73.4 cm³/mol. The zero-order valence-corrected chi connectivity index (χ0v) is 12.0. The number of amides is 1.